The minimum absolute atomic E-state index is 0.0270. The fourth-order valence-corrected chi connectivity index (χ4v) is 12.4. The summed E-state index contributed by atoms with van der Waals surface area (Å²) in [6.07, 6.45) is 17.1. The molecule has 0 aliphatic heterocycles. The SMILES string of the molecule is CCCCCCCCS(=O)(=O)NC1=CC(=[N+](c2ccc(C)cc2)c2ccc(C)cc2)C=C/C1=C1\C(=S)C(c2ccc(N(c3ccc(C)cc3)c3ccc(C)cc3)cc2NS(=O)(=O)CCCCCCCC)=C1[S-]. The van der Waals surface area contributed by atoms with E-state index in [1.165, 1.54) is 0 Å². The predicted molar refractivity (Wildman–Crippen MR) is 312 cm³/mol. The molecule has 378 valence electrons. The number of benzene rings is 5. The molecule has 0 saturated carbocycles. The number of anilines is 4. The average Bonchev–Trinajstić information content (AvgIpc) is 3.35. The van der Waals surface area contributed by atoms with Gasteiger partial charge in [-0.15, -0.1) is 0 Å². The van der Waals surface area contributed by atoms with Gasteiger partial charge in [0.2, 0.25) is 37.1 Å². The Morgan fingerprint density at radius 3 is 1.43 bits per heavy atom. The highest BCUT2D eigenvalue weighted by Crippen LogP contribution is 2.46. The van der Waals surface area contributed by atoms with Crippen LogP contribution in [-0.4, -0.2) is 38.9 Å². The van der Waals surface area contributed by atoms with Crippen molar-refractivity contribution in [1.82, 2.24) is 9.30 Å². The largest absolute Gasteiger partial charge is 0.778 e. The number of sulfonamides is 2. The number of nitrogens with zero attached hydrogens (tertiary/aromatic N) is 2. The van der Waals surface area contributed by atoms with Gasteiger partial charge < -0.3 is 17.5 Å². The highest BCUT2D eigenvalue weighted by atomic mass is 32.2. The molecule has 5 aromatic rings. The van der Waals surface area contributed by atoms with E-state index in [1.54, 1.807) is 0 Å². The number of thiocarbonyl (C=S) groups is 1. The molecule has 0 amide bonds. The van der Waals surface area contributed by atoms with E-state index in [-0.39, 0.29) is 11.5 Å². The molecule has 0 heterocycles. The minimum atomic E-state index is -3.81. The Kier molecular flexibility index (Phi) is 18.7. The first-order valence-electron chi connectivity index (χ1n) is 25.6. The topological polar surface area (TPSA) is 98.6 Å². The van der Waals surface area contributed by atoms with Gasteiger partial charge in [0, 0.05) is 64.6 Å². The van der Waals surface area contributed by atoms with Crippen LogP contribution in [0.2, 0.25) is 0 Å². The van der Waals surface area contributed by atoms with Crippen LogP contribution in [0.3, 0.4) is 0 Å². The number of aryl methyl sites for hydroxylation is 4. The van der Waals surface area contributed by atoms with Crippen molar-refractivity contribution in [2.45, 2.75) is 119 Å². The second-order valence-corrected chi connectivity index (χ2v) is 23.8. The van der Waals surface area contributed by atoms with Crippen molar-refractivity contribution in [3.05, 3.63) is 183 Å². The van der Waals surface area contributed by atoms with E-state index in [9.17, 15) is 16.8 Å². The van der Waals surface area contributed by atoms with Crippen molar-refractivity contribution in [3.8, 4) is 0 Å². The fraction of sp³-hybridized carbons (Fsp3) is 0.333. The molecule has 0 aromatic heterocycles. The first kappa shape index (κ1) is 54.1. The first-order valence-corrected chi connectivity index (χ1v) is 29.7. The number of rotatable bonds is 24. The summed E-state index contributed by atoms with van der Waals surface area (Å²) in [6, 6.07) is 38.7. The number of unbranched alkanes of at least 4 members (excludes halogenated alkanes) is 10. The predicted octanol–water partition coefficient (Wildman–Crippen LogP) is 15.1. The number of hydrogen-bond acceptors (Lipinski definition) is 7. The van der Waals surface area contributed by atoms with E-state index in [1.807, 2.05) is 64.1 Å². The normalized spacial score (nSPS) is 14.8. The summed E-state index contributed by atoms with van der Waals surface area (Å²) in [7, 11) is -7.63. The summed E-state index contributed by atoms with van der Waals surface area (Å²) in [4.78, 5) is 2.96. The van der Waals surface area contributed by atoms with Crippen molar-refractivity contribution in [1.29, 1.82) is 0 Å². The third-order valence-electron chi connectivity index (χ3n) is 13.2. The van der Waals surface area contributed by atoms with Crippen LogP contribution in [-0.2, 0) is 32.7 Å². The van der Waals surface area contributed by atoms with Crippen LogP contribution in [0, 0.1) is 27.7 Å². The highest BCUT2D eigenvalue weighted by molar-refractivity contribution is 7.92. The monoisotopic (exact) mass is 1040 g/mol. The van der Waals surface area contributed by atoms with E-state index in [2.05, 4.69) is 130 Å². The van der Waals surface area contributed by atoms with Gasteiger partial charge in [-0.05, 0) is 94.2 Å². The highest BCUT2D eigenvalue weighted by Gasteiger charge is 2.33. The quantitative estimate of drug-likeness (QED) is 0.0209. The zero-order chi connectivity index (χ0) is 51.4. The van der Waals surface area contributed by atoms with Gasteiger partial charge in [0.25, 0.3) is 0 Å². The Labute approximate surface area is 441 Å². The molecule has 2 aliphatic rings. The maximum Gasteiger partial charge on any atom is 0.232 e. The summed E-state index contributed by atoms with van der Waals surface area (Å²) < 4.78 is 64.4. The maximum absolute atomic E-state index is 14.1. The zero-order valence-electron chi connectivity index (χ0n) is 42.8. The van der Waals surface area contributed by atoms with Crippen molar-refractivity contribution >= 4 is 95.2 Å². The lowest BCUT2D eigenvalue weighted by molar-refractivity contribution is 0.577. The van der Waals surface area contributed by atoms with Gasteiger partial charge in [-0.25, -0.2) is 16.8 Å². The lowest BCUT2D eigenvalue weighted by Crippen LogP contribution is -2.31. The standard InChI is InChI=1S/C60H70N4O4S4/c1-7-9-11-13-15-17-39-71(65,66)61-55-41-51(63(47-27-19-43(3)20-28-47)48-29-21-44(4)22-30-48)35-37-53(55)57-59(69)58(60(57)70)54-38-36-52(42-56(54)62-72(67,68)40-18-16-14-12-10-8-2)64(49-31-23-45(5)24-32-49)50-33-25-46(6)26-34-50/h19-38,41-42H,7-18,39-40H2,1-6H3,(H2,61,62,69,70). The van der Waals surface area contributed by atoms with Crippen LogP contribution in [0.5, 0.6) is 0 Å². The summed E-state index contributed by atoms with van der Waals surface area (Å²) in [5.74, 6) is -0.0539. The summed E-state index contributed by atoms with van der Waals surface area (Å²) >= 11 is 12.6. The molecule has 0 spiro atoms. The minimum Gasteiger partial charge on any atom is -0.778 e. The molecule has 0 atom stereocenters. The molecule has 12 heteroatoms. The second kappa shape index (κ2) is 24.8. The van der Waals surface area contributed by atoms with Gasteiger partial charge in [-0.2, -0.15) is 9.48 Å². The molecule has 5 aromatic carbocycles. The Morgan fingerprint density at radius 2 is 0.958 bits per heavy atom. The van der Waals surface area contributed by atoms with Gasteiger partial charge >= 0.3 is 0 Å². The molecule has 0 radical (unpaired) electrons. The van der Waals surface area contributed by atoms with Crippen LogP contribution in [0.25, 0.3) is 5.57 Å². The van der Waals surface area contributed by atoms with Gasteiger partial charge in [-0.1, -0.05) is 167 Å². The molecular weight excluding hydrogens is 969 g/mol. The van der Waals surface area contributed by atoms with E-state index in [0.29, 0.717) is 56.3 Å². The number of nitrogens with one attached hydrogen (secondary N) is 2. The van der Waals surface area contributed by atoms with Crippen molar-refractivity contribution in [2.75, 3.05) is 21.1 Å². The number of hydrogen-bond donors (Lipinski definition) is 2. The smallest absolute Gasteiger partial charge is 0.232 e. The fourth-order valence-electron chi connectivity index (χ4n) is 9.08. The summed E-state index contributed by atoms with van der Waals surface area (Å²) in [5, 5.41) is 0. The molecule has 0 fully saturated rings. The van der Waals surface area contributed by atoms with Crippen molar-refractivity contribution in [3.63, 3.8) is 0 Å². The third-order valence-corrected chi connectivity index (χ3v) is 16.7. The third kappa shape index (κ3) is 13.9. The first-order chi connectivity index (χ1) is 34.6. The average molecular weight is 1040 g/mol. The van der Waals surface area contributed by atoms with Gasteiger partial charge in [0.1, 0.15) is 0 Å². The van der Waals surface area contributed by atoms with Crippen LogP contribution in [0.15, 0.2) is 155 Å². The molecule has 7 rings (SSSR count). The Bertz CT molecular complexity index is 3020. The summed E-state index contributed by atoms with van der Waals surface area (Å²) in [6.45, 7) is 12.5. The van der Waals surface area contributed by atoms with E-state index < -0.39 is 20.0 Å². The van der Waals surface area contributed by atoms with Crippen LogP contribution < -0.4 is 18.9 Å². The molecule has 0 bridgehead atoms. The van der Waals surface area contributed by atoms with E-state index in [4.69, 9.17) is 24.8 Å². The lowest BCUT2D eigenvalue weighted by atomic mass is 9.81. The van der Waals surface area contributed by atoms with Gasteiger partial charge in [-0.3, -0.25) is 9.44 Å². The van der Waals surface area contributed by atoms with Crippen LogP contribution >= 0.6 is 12.2 Å². The Balaban J connectivity index is 1.35. The van der Waals surface area contributed by atoms with Gasteiger partial charge in [0.05, 0.1) is 27.8 Å². The molecule has 0 unspecified atom stereocenters. The second-order valence-electron chi connectivity index (χ2n) is 19.3. The molecule has 2 aliphatic carbocycles. The van der Waals surface area contributed by atoms with E-state index >= 15 is 0 Å². The van der Waals surface area contributed by atoms with Crippen molar-refractivity contribution < 1.29 is 16.8 Å². The molecule has 2 N–H and O–H groups in total. The molecule has 0 saturated heterocycles. The molecule has 72 heavy (non-hydrogen) atoms. The van der Waals surface area contributed by atoms with E-state index in [0.717, 1.165) is 121 Å². The molecular formula is C60H70N4O4S4. The Morgan fingerprint density at radius 1 is 0.528 bits per heavy atom. The van der Waals surface area contributed by atoms with Crippen LogP contribution in [0.4, 0.5) is 34.1 Å². The van der Waals surface area contributed by atoms with Crippen molar-refractivity contribution in [2.24, 2.45) is 0 Å². The number of allylic oxidation sites excluding steroid dienone is 5. The summed E-state index contributed by atoms with van der Waals surface area (Å²) in [5.41, 5.74) is 12.6. The van der Waals surface area contributed by atoms with Crippen LogP contribution in [0.1, 0.15) is 119 Å². The zero-order valence-corrected chi connectivity index (χ0v) is 46.0. The maximum atomic E-state index is 14.1. The lowest BCUT2D eigenvalue weighted by Gasteiger charge is -2.38. The Hall–Kier alpha value is -5.66. The molecule has 8 nitrogen and oxygen atoms in total. The van der Waals surface area contributed by atoms with Gasteiger partial charge in [0.15, 0.2) is 0 Å².